The first-order valence-electron chi connectivity index (χ1n) is 12.7. The number of methoxy groups -OCH3 is 2. The fourth-order valence-corrected chi connectivity index (χ4v) is 5.59. The van der Waals surface area contributed by atoms with E-state index >= 15 is 0 Å². The lowest BCUT2D eigenvalue weighted by Crippen LogP contribution is -2.50. The van der Waals surface area contributed by atoms with E-state index in [4.69, 9.17) is 14.2 Å². The summed E-state index contributed by atoms with van der Waals surface area (Å²) < 4.78 is 16.5. The average molecular weight is 488 g/mol. The molecule has 34 heavy (non-hydrogen) atoms. The van der Waals surface area contributed by atoms with E-state index in [1.807, 2.05) is 18.0 Å². The van der Waals surface area contributed by atoms with Crippen LogP contribution in [0.2, 0.25) is 0 Å². The first-order valence-corrected chi connectivity index (χ1v) is 13.9. The molecular formula is C28H41NO4S. The van der Waals surface area contributed by atoms with Gasteiger partial charge in [-0.2, -0.15) is 11.8 Å². The number of carbonyl (C=O) groups excluding carboxylic acids is 1. The van der Waals surface area contributed by atoms with Crippen molar-refractivity contribution in [2.45, 2.75) is 70.3 Å². The number of hydrogen-bond donors (Lipinski definition) is 0. The highest BCUT2D eigenvalue weighted by atomic mass is 32.2. The van der Waals surface area contributed by atoms with Gasteiger partial charge in [0.1, 0.15) is 13.4 Å². The van der Waals surface area contributed by atoms with Crippen LogP contribution in [0.25, 0.3) is 0 Å². The summed E-state index contributed by atoms with van der Waals surface area (Å²) in [5.41, 5.74) is 1.04. The predicted molar refractivity (Wildman–Crippen MR) is 138 cm³/mol. The lowest BCUT2D eigenvalue weighted by Gasteiger charge is -2.36. The van der Waals surface area contributed by atoms with Gasteiger partial charge in [0.05, 0.1) is 0 Å². The highest BCUT2D eigenvalue weighted by Gasteiger charge is 2.44. The van der Waals surface area contributed by atoms with Gasteiger partial charge in [-0.1, -0.05) is 44.9 Å². The van der Waals surface area contributed by atoms with Gasteiger partial charge in [0.15, 0.2) is 5.60 Å². The average Bonchev–Trinajstić information content (AvgIpc) is 3.75. The van der Waals surface area contributed by atoms with Crippen molar-refractivity contribution in [3.63, 3.8) is 0 Å². The summed E-state index contributed by atoms with van der Waals surface area (Å²) in [6, 6.07) is 4.23. The molecule has 0 unspecified atom stereocenters. The Morgan fingerprint density at radius 2 is 1.97 bits per heavy atom. The largest absolute Gasteiger partial charge is 0.372 e. The molecule has 2 saturated carbocycles. The fraction of sp³-hybridized carbons (Fsp3) is 0.714. The molecule has 2 fully saturated rings. The van der Waals surface area contributed by atoms with Crippen LogP contribution in [0, 0.1) is 29.6 Å². The summed E-state index contributed by atoms with van der Waals surface area (Å²) in [5.74, 6) is 9.15. The third kappa shape index (κ3) is 9.00. The Balaban J connectivity index is 1.75. The number of aryl methyl sites for hydroxylation is 1. The number of rotatable bonds is 17. The van der Waals surface area contributed by atoms with Crippen molar-refractivity contribution in [1.29, 1.82) is 0 Å². The van der Waals surface area contributed by atoms with Crippen molar-refractivity contribution in [3.05, 3.63) is 29.6 Å². The molecule has 188 valence electrons. The van der Waals surface area contributed by atoms with Crippen LogP contribution in [0.1, 0.15) is 63.1 Å². The normalized spacial score (nSPS) is 18.1. The highest BCUT2D eigenvalue weighted by molar-refractivity contribution is 7.99. The van der Waals surface area contributed by atoms with Gasteiger partial charge in [-0.25, -0.2) is 0 Å². The lowest BCUT2D eigenvalue weighted by atomic mass is 9.81. The lowest BCUT2D eigenvalue weighted by molar-refractivity contribution is -0.167. The van der Waals surface area contributed by atoms with Crippen molar-refractivity contribution >= 4 is 17.5 Å². The Morgan fingerprint density at radius 1 is 1.21 bits per heavy atom. The van der Waals surface area contributed by atoms with Gasteiger partial charge < -0.3 is 14.2 Å². The summed E-state index contributed by atoms with van der Waals surface area (Å²) in [6.07, 6.45) is 12.6. The number of Topliss-reactive ketones (excluding diaryl/α,β-unsaturated/α-hetero) is 1. The molecule has 6 heteroatoms. The molecule has 0 aliphatic heterocycles. The zero-order valence-corrected chi connectivity index (χ0v) is 22.0. The van der Waals surface area contributed by atoms with Gasteiger partial charge >= 0.3 is 0 Å². The molecule has 3 rings (SSSR count). The third-order valence-electron chi connectivity index (χ3n) is 6.87. The zero-order chi connectivity index (χ0) is 24.2. The molecule has 0 bridgehead atoms. The maximum atomic E-state index is 13.5. The third-order valence-corrected chi connectivity index (χ3v) is 8.13. The van der Waals surface area contributed by atoms with Crippen LogP contribution in [0.3, 0.4) is 0 Å². The van der Waals surface area contributed by atoms with Crippen molar-refractivity contribution in [2.75, 3.05) is 39.1 Å². The van der Waals surface area contributed by atoms with E-state index < -0.39 is 5.60 Å². The van der Waals surface area contributed by atoms with Gasteiger partial charge in [-0.3, -0.25) is 9.78 Å². The fourth-order valence-electron chi connectivity index (χ4n) is 4.30. The van der Waals surface area contributed by atoms with E-state index in [9.17, 15) is 4.79 Å². The smallest absolute Gasteiger partial charge is 0.238 e. The Hall–Kier alpha value is -1.39. The monoisotopic (exact) mass is 487 g/mol. The molecule has 2 atom stereocenters. The summed E-state index contributed by atoms with van der Waals surface area (Å²) in [4.78, 5) is 18.2. The standard InChI is InChI=1S/C28H41NO4S/c1-22(20-34-17-14-24-11-12-24)28(33-21-32-3,27(30)8-5-16-31-2)19-26-18-25(13-15-29-26)7-4-6-23-9-10-23/h13,15,18,22-24H,4,6-7,9-12,14,16-17,19-21H2,1-3H3/t22-,28+/m0/s1. The number of ketones is 1. The summed E-state index contributed by atoms with van der Waals surface area (Å²) in [7, 11) is 3.16. The molecule has 0 saturated heterocycles. The highest BCUT2D eigenvalue weighted by Crippen LogP contribution is 2.36. The Labute approximate surface area is 210 Å². The minimum Gasteiger partial charge on any atom is -0.372 e. The second kappa shape index (κ2) is 14.2. The number of thioether (sulfide) groups is 1. The van der Waals surface area contributed by atoms with E-state index in [1.165, 1.54) is 50.5 Å². The van der Waals surface area contributed by atoms with Gasteiger partial charge in [0.2, 0.25) is 5.78 Å². The second-order valence-corrected chi connectivity index (χ2v) is 11.0. The first kappa shape index (κ1) is 27.2. The number of carbonyl (C=O) groups is 1. The van der Waals surface area contributed by atoms with Crippen LogP contribution in [0.4, 0.5) is 0 Å². The minimum atomic E-state index is -1.11. The number of hydrogen-bond acceptors (Lipinski definition) is 6. The van der Waals surface area contributed by atoms with Gasteiger partial charge in [-0.05, 0) is 66.2 Å². The summed E-state index contributed by atoms with van der Waals surface area (Å²) in [5, 5.41) is 0. The van der Waals surface area contributed by atoms with Crippen LogP contribution in [0.15, 0.2) is 18.3 Å². The maximum Gasteiger partial charge on any atom is 0.238 e. The van der Waals surface area contributed by atoms with Crippen molar-refractivity contribution in [2.24, 2.45) is 17.8 Å². The summed E-state index contributed by atoms with van der Waals surface area (Å²) >= 11 is 1.90. The molecule has 2 aliphatic rings. The zero-order valence-electron chi connectivity index (χ0n) is 21.1. The van der Waals surface area contributed by atoms with Crippen molar-refractivity contribution < 1.29 is 19.0 Å². The van der Waals surface area contributed by atoms with Gasteiger partial charge in [0.25, 0.3) is 0 Å². The van der Waals surface area contributed by atoms with Gasteiger partial charge in [-0.15, -0.1) is 0 Å². The first-order chi connectivity index (χ1) is 16.6. The Kier molecular flexibility index (Phi) is 11.4. The predicted octanol–water partition coefficient (Wildman–Crippen LogP) is 5.10. The maximum absolute atomic E-state index is 13.5. The molecule has 0 spiro atoms. The number of ether oxygens (including phenoxy) is 3. The number of nitrogens with zero attached hydrogens (tertiary/aromatic N) is 1. The van der Waals surface area contributed by atoms with Crippen molar-refractivity contribution in [1.82, 2.24) is 4.98 Å². The van der Waals surface area contributed by atoms with Crippen molar-refractivity contribution in [3.8, 4) is 11.8 Å². The van der Waals surface area contributed by atoms with E-state index in [-0.39, 0.29) is 25.1 Å². The van der Waals surface area contributed by atoms with E-state index in [0.29, 0.717) is 6.42 Å². The topological polar surface area (TPSA) is 57.7 Å². The number of aromatic nitrogens is 1. The van der Waals surface area contributed by atoms with Crippen LogP contribution in [-0.2, 0) is 31.8 Å². The van der Waals surface area contributed by atoms with Gasteiger partial charge in [0, 0.05) is 38.4 Å². The number of pyridine rings is 1. The van der Waals surface area contributed by atoms with E-state index in [0.717, 1.165) is 35.5 Å². The van der Waals surface area contributed by atoms with E-state index in [2.05, 4.69) is 35.9 Å². The molecule has 2 aliphatic carbocycles. The molecule has 0 N–H and O–H groups in total. The van der Waals surface area contributed by atoms with Crippen LogP contribution in [0.5, 0.6) is 0 Å². The molecular weight excluding hydrogens is 446 g/mol. The van der Waals surface area contributed by atoms with Crippen LogP contribution < -0.4 is 0 Å². The molecule has 0 aromatic carbocycles. The molecule has 1 aromatic rings. The molecule has 1 aromatic heterocycles. The van der Waals surface area contributed by atoms with Crippen LogP contribution >= 0.6 is 11.8 Å². The molecule has 5 nitrogen and oxygen atoms in total. The quantitative estimate of drug-likeness (QED) is 0.132. The Bertz CT molecular complexity index is 827. The molecule has 0 amide bonds. The van der Waals surface area contributed by atoms with Crippen LogP contribution in [-0.4, -0.2) is 55.5 Å². The SMILES string of the molecule is COCC#CC(=O)[C@](Cc1cc(CCCC2CC2)ccn1)(OCOC)[C@@H](C)CSCCC1CC1. The van der Waals surface area contributed by atoms with E-state index in [1.54, 1.807) is 14.2 Å². The second-order valence-electron chi connectivity index (χ2n) is 9.88. The molecule has 1 heterocycles. The minimum absolute atomic E-state index is 0.0376. The summed E-state index contributed by atoms with van der Waals surface area (Å²) in [6.45, 7) is 2.34. The molecule has 0 radical (unpaired) electrons. The Morgan fingerprint density at radius 3 is 2.68 bits per heavy atom.